The Kier molecular flexibility index (Phi) is 4.42. The molecule has 0 aliphatic carbocycles. The summed E-state index contributed by atoms with van der Waals surface area (Å²) in [6.45, 7) is 3.14. The second-order valence-corrected chi connectivity index (χ2v) is 4.63. The zero-order chi connectivity index (χ0) is 12.8. The van der Waals surface area contributed by atoms with Gasteiger partial charge >= 0.3 is 0 Å². The summed E-state index contributed by atoms with van der Waals surface area (Å²) in [5.41, 5.74) is 7.78. The Labute approximate surface area is 108 Å². The number of rotatable bonds is 6. The van der Waals surface area contributed by atoms with Crippen LogP contribution in [0.4, 0.5) is 5.69 Å². The summed E-state index contributed by atoms with van der Waals surface area (Å²) < 4.78 is 5.33. The van der Waals surface area contributed by atoms with E-state index >= 15 is 0 Å². The molecule has 0 spiro atoms. The van der Waals surface area contributed by atoms with Gasteiger partial charge in [0, 0.05) is 18.2 Å². The minimum absolute atomic E-state index is 0.421. The van der Waals surface area contributed by atoms with Gasteiger partial charge < -0.3 is 15.5 Å². The van der Waals surface area contributed by atoms with Gasteiger partial charge in [-0.3, -0.25) is 0 Å². The molecule has 2 aromatic rings. The van der Waals surface area contributed by atoms with E-state index in [1.807, 2.05) is 24.3 Å². The van der Waals surface area contributed by atoms with E-state index in [9.17, 15) is 0 Å². The van der Waals surface area contributed by atoms with E-state index < -0.39 is 0 Å². The fraction of sp³-hybridized carbons (Fsp3) is 0.333. The van der Waals surface area contributed by atoms with Crippen LogP contribution < -0.4 is 11.1 Å². The molecule has 0 saturated carbocycles. The lowest BCUT2D eigenvalue weighted by Gasteiger charge is -2.12. The molecule has 18 heavy (non-hydrogen) atoms. The van der Waals surface area contributed by atoms with E-state index in [4.69, 9.17) is 10.2 Å². The summed E-state index contributed by atoms with van der Waals surface area (Å²) in [4.78, 5) is 0. The van der Waals surface area contributed by atoms with Gasteiger partial charge in [-0.2, -0.15) is 0 Å². The fourth-order valence-electron chi connectivity index (χ4n) is 1.95. The first-order valence-corrected chi connectivity index (χ1v) is 6.34. The van der Waals surface area contributed by atoms with Crippen molar-refractivity contribution in [3.8, 4) is 0 Å². The summed E-state index contributed by atoms with van der Waals surface area (Å²) in [6, 6.07) is 12.4. The van der Waals surface area contributed by atoms with E-state index in [-0.39, 0.29) is 0 Å². The van der Waals surface area contributed by atoms with E-state index in [1.54, 1.807) is 6.26 Å². The van der Waals surface area contributed by atoms with Crippen molar-refractivity contribution < 1.29 is 4.42 Å². The van der Waals surface area contributed by atoms with Gasteiger partial charge in [0.1, 0.15) is 5.76 Å². The number of hydrogen-bond donors (Lipinski definition) is 2. The molecule has 2 rings (SSSR count). The number of nitrogens with two attached hydrogens (primary N) is 1. The zero-order valence-electron chi connectivity index (χ0n) is 10.7. The lowest BCUT2D eigenvalue weighted by molar-refractivity contribution is 0.458. The molecule has 3 heteroatoms. The van der Waals surface area contributed by atoms with Gasteiger partial charge in [0.25, 0.3) is 0 Å². The van der Waals surface area contributed by atoms with E-state index in [1.165, 1.54) is 5.56 Å². The molecule has 0 bridgehead atoms. The van der Waals surface area contributed by atoms with Crippen LogP contribution in [0.2, 0.25) is 0 Å². The minimum atomic E-state index is 0.421. The highest BCUT2D eigenvalue weighted by Crippen LogP contribution is 2.06. The summed E-state index contributed by atoms with van der Waals surface area (Å²) in [7, 11) is 0. The molecular formula is C15H20N2O. The number of nitrogens with one attached hydrogen (secondary N) is 1. The van der Waals surface area contributed by atoms with E-state index in [0.717, 1.165) is 30.8 Å². The number of furan rings is 1. The Hall–Kier alpha value is -1.74. The Morgan fingerprint density at radius 2 is 2.00 bits per heavy atom. The van der Waals surface area contributed by atoms with Crippen molar-refractivity contribution >= 4 is 5.69 Å². The maximum absolute atomic E-state index is 5.65. The normalized spacial score (nSPS) is 12.5. The zero-order valence-corrected chi connectivity index (χ0v) is 10.7. The van der Waals surface area contributed by atoms with Gasteiger partial charge in [-0.05, 0) is 49.7 Å². The van der Waals surface area contributed by atoms with Crippen molar-refractivity contribution in [1.82, 2.24) is 5.32 Å². The monoisotopic (exact) mass is 244 g/mol. The highest BCUT2D eigenvalue weighted by atomic mass is 16.3. The predicted molar refractivity (Wildman–Crippen MR) is 74.4 cm³/mol. The van der Waals surface area contributed by atoms with Gasteiger partial charge in [-0.15, -0.1) is 0 Å². The second kappa shape index (κ2) is 6.26. The lowest BCUT2D eigenvalue weighted by atomic mass is 10.1. The molecular weight excluding hydrogens is 224 g/mol. The van der Waals surface area contributed by atoms with Crippen LogP contribution in [0.25, 0.3) is 0 Å². The van der Waals surface area contributed by atoms with Gasteiger partial charge in [-0.25, -0.2) is 0 Å². The van der Waals surface area contributed by atoms with Gasteiger partial charge in [0.15, 0.2) is 0 Å². The van der Waals surface area contributed by atoms with Crippen LogP contribution in [0.3, 0.4) is 0 Å². The minimum Gasteiger partial charge on any atom is -0.469 e. The van der Waals surface area contributed by atoms with Gasteiger partial charge in [-0.1, -0.05) is 12.1 Å². The third-order valence-corrected chi connectivity index (χ3v) is 2.97. The first-order valence-electron chi connectivity index (χ1n) is 6.34. The van der Waals surface area contributed by atoms with Crippen LogP contribution in [0.1, 0.15) is 18.2 Å². The van der Waals surface area contributed by atoms with Crippen molar-refractivity contribution in [3.63, 3.8) is 0 Å². The summed E-state index contributed by atoms with van der Waals surface area (Å²) in [5.74, 6) is 1.03. The van der Waals surface area contributed by atoms with Crippen molar-refractivity contribution in [1.29, 1.82) is 0 Å². The number of nitrogen functional groups attached to an aromatic ring is 1. The molecule has 0 aliphatic heterocycles. The largest absolute Gasteiger partial charge is 0.469 e. The summed E-state index contributed by atoms with van der Waals surface area (Å²) >= 11 is 0. The lowest BCUT2D eigenvalue weighted by Crippen LogP contribution is -2.29. The molecule has 3 nitrogen and oxygen atoms in total. The fourth-order valence-corrected chi connectivity index (χ4v) is 1.95. The molecule has 0 amide bonds. The smallest absolute Gasteiger partial charge is 0.105 e. The molecule has 1 atom stereocenters. The maximum atomic E-state index is 5.65. The van der Waals surface area contributed by atoms with Gasteiger partial charge in [0.05, 0.1) is 6.26 Å². The molecule has 1 aromatic heterocycles. The third kappa shape index (κ3) is 3.93. The summed E-state index contributed by atoms with van der Waals surface area (Å²) in [6.07, 6.45) is 3.66. The third-order valence-electron chi connectivity index (χ3n) is 2.97. The van der Waals surface area contributed by atoms with Crippen molar-refractivity contribution in [3.05, 3.63) is 54.0 Å². The van der Waals surface area contributed by atoms with Crippen LogP contribution in [0.15, 0.2) is 47.1 Å². The van der Waals surface area contributed by atoms with Crippen LogP contribution in [0.5, 0.6) is 0 Å². The van der Waals surface area contributed by atoms with E-state index in [0.29, 0.717) is 6.04 Å². The maximum Gasteiger partial charge on any atom is 0.105 e. The summed E-state index contributed by atoms with van der Waals surface area (Å²) in [5, 5.41) is 3.49. The van der Waals surface area contributed by atoms with Crippen LogP contribution in [-0.4, -0.2) is 12.6 Å². The average Bonchev–Trinajstić information content (AvgIpc) is 2.84. The predicted octanol–water partition coefficient (Wildman–Crippen LogP) is 2.63. The second-order valence-electron chi connectivity index (χ2n) is 4.63. The Morgan fingerprint density at radius 3 is 2.67 bits per heavy atom. The average molecular weight is 244 g/mol. The molecule has 0 saturated heterocycles. The molecule has 0 fully saturated rings. The highest BCUT2D eigenvalue weighted by Gasteiger charge is 2.04. The SMILES string of the molecule is CC(Cc1ccco1)NCCc1ccc(N)cc1. The Balaban J connectivity index is 1.70. The topological polar surface area (TPSA) is 51.2 Å². The van der Waals surface area contributed by atoms with E-state index in [2.05, 4.69) is 24.4 Å². The Bertz CT molecular complexity index is 448. The van der Waals surface area contributed by atoms with Crippen LogP contribution >= 0.6 is 0 Å². The molecule has 0 aliphatic rings. The van der Waals surface area contributed by atoms with Crippen molar-refractivity contribution in [2.75, 3.05) is 12.3 Å². The molecule has 96 valence electrons. The number of anilines is 1. The van der Waals surface area contributed by atoms with Crippen molar-refractivity contribution in [2.45, 2.75) is 25.8 Å². The number of hydrogen-bond acceptors (Lipinski definition) is 3. The molecule has 0 radical (unpaired) electrons. The molecule has 1 heterocycles. The molecule has 3 N–H and O–H groups in total. The number of benzene rings is 1. The highest BCUT2D eigenvalue weighted by molar-refractivity contribution is 5.39. The first-order chi connectivity index (χ1) is 8.74. The van der Waals surface area contributed by atoms with Gasteiger partial charge in [0.2, 0.25) is 0 Å². The Morgan fingerprint density at radius 1 is 1.22 bits per heavy atom. The standard InChI is InChI=1S/C15H20N2O/c1-12(11-15-3-2-10-18-15)17-9-8-13-4-6-14(16)7-5-13/h2-7,10,12,17H,8-9,11,16H2,1H3. The molecule has 1 unspecified atom stereocenters. The quantitative estimate of drug-likeness (QED) is 0.768. The van der Waals surface area contributed by atoms with Crippen LogP contribution in [-0.2, 0) is 12.8 Å². The van der Waals surface area contributed by atoms with Crippen LogP contribution in [0, 0.1) is 0 Å². The van der Waals surface area contributed by atoms with Crippen molar-refractivity contribution in [2.24, 2.45) is 0 Å². The first kappa shape index (κ1) is 12.7. The molecule has 1 aromatic carbocycles.